The van der Waals surface area contributed by atoms with Crippen LogP contribution in [0.3, 0.4) is 0 Å². The van der Waals surface area contributed by atoms with Crippen molar-refractivity contribution in [2.75, 3.05) is 6.61 Å². The summed E-state index contributed by atoms with van der Waals surface area (Å²) in [5.74, 6) is -0.979. The number of ketones is 1. The highest BCUT2D eigenvalue weighted by Crippen LogP contribution is 2.26. The lowest BCUT2D eigenvalue weighted by molar-refractivity contribution is -0.148. The van der Waals surface area contributed by atoms with Crippen molar-refractivity contribution in [1.82, 2.24) is 0 Å². The highest BCUT2D eigenvalue weighted by molar-refractivity contribution is 9.10. The minimum atomic E-state index is -1.36. The van der Waals surface area contributed by atoms with E-state index in [0.29, 0.717) is 6.29 Å². The van der Waals surface area contributed by atoms with Gasteiger partial charge < -0.3 is 9.53 Å². The molecule has 4 nitrogen and oxygen atoms in total. The van der Waals surface area contributed by atoms with E-state index < -0.39 is 10.3 Å². The summed E-state index contributed by atoms with van der Waals surface area (Å²) in [5, 5.41) is 0. The Morgan fingerprint density at radius 2 is 2.07 bits per heavy atom. The van der Waals surface area contributed by atoms with Crippen molar-refractivity contribution in [2.24, 2.45) is 0 Å². The average molecular weight is 265 g/mol. The number of alkyl halides is 1. The fourth-order valence-corrected chi connectivity index (χ4v) is 1.27. The lowest BCUT2D eigenvalue weighted by atomic mass is 9.99. The van der Waals surface area contributed by atoms with Gasteiger partial charge in [0.05, 0.1) is 6.61 Å². The van der Waals surface area contributed by atoms with Gasteiger partial charge in [-0.1, -0.05) is 15.9 Å². The second kappa shape index (κ2) is 5.90. The third kappa shape index (κ3) is 3.21. The molecule has 0 N–H and O–H groups in total. The Morgan fingerprint density at radius 1 is 1.50 bits per heavy atom. The largest absolute Gasteiger partial charge is 0.465 e. The van der Waals surface area contributed by atoms with Crippen molar-refractivity contribution in [3.8, 4) is 0 Å². The minimum Gasteiger partial charge on any atom is -0.465 e. The Kier molecular flexibility index (Phi) is 5.60. The van der Waals surface area contributed by atoms with Crippen LogP contribution in [-0.2, 0) is 19.1 Å². The Bertz CT molecular complexity index is 239. The third-order valence-electron chi connectivity index (χ3n) is 1.76. The topological polar surface area (TPSA) is 60.4 Å². The number of aldehydes is 1. The van der Waals surface area contributed by atoms with Crippen LogP contribution in [0.15, 0.2) is 0 Å². The first-order chi connectivity index (χ1) is 6.49. The first-order valence-corrected chi connectivity index (χ1v) is 5.09. The monoisotopic (exact) mass is 264 g/mol. The van der Waals surface area contributed by atoms with Crippen molar-refractivity contribution in [2.45, 2.75) is 31.0 Å². The molecule has 80 valence electrons. The zero-order chi connectivity index (χ0) is 11.2. The second-order valence-corrected chi connectivity index (χ2v) is 4.14. The van der Waals surface area contributed by atoms with Gasteiger partial charge in [-0.15, -0.1) is 0 Å². The highest BCUT2D eigenvalue weighted by Gasteiger charge is 2.41. The molecule has 0 heterocycles. The van der Waals surface area contributed by atoms with Crippen LogP contribution in [0.2, 0.25) is 0 Å². The predicted molar refractivity (Wildman–Crippen MR) is 54.3 cm³/mol. The van der Waals surface area contributed by atoms with E-state index in [9.17, 15) is 14.4 Å². The van der Waals surface area contributed by atoms with E-state index in [1.807, 2.05) is 0 Å². The van der Waals surface area contributed by atoms with E-state index in [1.54, 1.807) is 6.92 Å². The quantitative estimate of drug-likeness (QED) is 0.314. The summed E-state index contributed by atoms with van der Waals surface area (Å²) in [6, 6.07) is 0. The van der Waals surface area contributed by atoms with Gasteiger partial charge in [0.15, 0.2) is 10.1 Å². The maximum absolute atomic E-state index is 11.4. The molecule has 0 aromatic rings. The molecular weight excluding hydrogens is 252 g/mol. The molecular formula is C9H13BrO4. The first-order valence-electron chi connectivity index (χ1n) is 4.29. The van der Waals surface area contributed by atoms with Crippen LogP contribution in [0.25, 0.3) is 0 Å². The Labute approximate surface area is 91.1 Å². The molecule has 0 saturated heterocycles. The van der Waals surface area contributed by atoms with Crippen molar-refractivity contribution in [3.63, 3.8) is 0 Å². The molecule has 0 aromatic carbocycles. The van der Waals surface area contributed by atoms with E-state index in [2.05, 4.69) is 15.9 Å². The molecule has 0 saturated carbocycles. The number of carbonyl (C=O) groups excluding carboxylic acids is 3. The number of Topliss-reactive ketones (excluding diaryl/α,β-unsaturated/α-hetero) is 1. The Hall–Kier alpha value is -0.710. The van der Waals surface area contributed by atoms with Gasteiger partial charge in [-0.05, 0) is 20.3 Å². The second-order valence-electron chi connectivity index (χ2n) is 2.78. The fourth-order valence-electron chi connectivity index (χ4n) is 0.925. The molecule has 0 aromatic heterocycles. The smallest absolute Gasteiger partial charge is 0.330 e. The normalized spacial score (nSPS) is 14.2. The summed E-state index contributed by atoms with van der Waals surface area (Å²) >= 11 is 3.03. The van der Waals surface area contributed by atoms with Crippen LogP contribution in [-0.4, -0.2) is 29.0 Å². The van der Waals surface area contributed by atoms with Crippen LogP contribution in [0.4, 0.5) is 0 Å². The van der Waals surface area contributed by atoms with Crippen molar-refractivity contribution < 1.29 is 19.1 Å². The van der Waals surface area contributed by atoms with Crippen molar-refractivity contribution in [3.05, 3.63) is 0 Å². The predicted octanol–water partition coefficient (Wildman–Crippen LogP) is 1.25. The summed E-state index contributed by atoms with van der Waals surface area (Å²) in [6.07, 6.45) is 0.937. The van der Waals surface area contributed by atoms with Gasteiger partial charge in [-0.2, -0.15) is 0 Å². The van der Waals surface area contributed by atoms with Crippen LogP contribution in [0.5, 0.6) is 0 Å². The summed E-state index contributed by atoms with van der Waals surface area (Å²) < 4.78 is 3.39. The molecule has 0 amide bonds. The van der Waals surface area contributed by atoms with Gasteiger partial charge >= 0.3 is 5.97 Å². The molecule has 0 aliphatic rings. The van der Waals surface area contributed by atoms with E-state index in [-0.39, 0.29) is 25.2 Å². The first kappa shape index (κ1) is 13.3. The number of carbonyl (C=O) groups is 3. The molecule has 0 spiro atoms. The standard InChI is InChI=1S/C9H13BrO4/c1-3-14-8(13)9(10,7(2)12)5-4-6-11/h6H,3-5H2,1-2H3. The van der Waals surface area contributed by atoms with Gasteiger partial charge in [0.2, 0.25) is 0 Å². The molecule has 1 atom stereocenters. The number of halogens is 1. The maximum Gasteiger partial charge on any atom is 0.330 e. The zero-order valence-electron chi connectivity index (χ0n) is 8.21. The molecule has 1 unspecified atom stereocenters. The molecule has 0 aliphatic heterocycles. The molecule has 0 fully saturated rings. The van der Waals surface area contributed by atoms with E-state index in [4.69, 9.17) is 4.74 Å². The van der Waals surface area contributed by atoms with Crippen molar-refractivity contribution in [1.29, 1.82) is 0 Å². The van der Waals surface area contributed by atoms with Crippen LogP contribution >= 0.6 is 15.9 Å². The average Bonchev–Trinajstić information content (AvgIpc) is 2.14. The summed E-state index contributed by atoms with van der Waals surface area (Å²) in [5.41, 5.74) is 0. The molecule has 14 heavy (non-hydrogen) atoms. The van der Waals surface area contributed by atoms with Gasteiger partial charge in [0.1, 0.15) is 6.29 Å². The zero-order valence-corrected chi connectivity index (χ0v) is 9.80. The SMILES string of the molecule is CCOC(=O)C(Br)(CCC=O)C(C)=O. The number of esters is 1. The van der Waals surface area contributed by atoms with E-state index in [1.165, 1.54) is 6.92 Å². The molecule has 0 bridgehead atoms. The molecule has 0 radical (unpaired) electrons. The highest BCUT2D eigenvalue weighted by atomic mass is 79.9. The van der Waals surface area contributed by atoms with E-state index >= 15 is 0 Å². The Morgan fingerprint density at radius 3 is 2.43 bits per heavy atom. The van der Waals surface area contributed by atoms with Crippen molar-refractivity contribution >= 4 is 34.0 Å². The molecule has 0 aliphatic carbocycles. The van der Waals surface area contributed by atoms with E-state index in [0.717, 1.165) is 0 Å². The van der Waals surface area contributed by atoms with Crippen LogP contribution in [0, 0.1) is 0 Å². The van der Waals surface area contributed by atoms with Gasteiger partial charge in [0.25, 0.3) is 0 Å². The number of ether oxygens (including phenoxy) is 1. The number of hydrogen-bond donors (Lipinski definition) is 0. The lowest BCUT2D eigenvalue weighted by Gasteiger charge is -2.20. The molecule has 5 heteroatoms. The van der Waals surface area contributed by atoms with Gasteiger partial charge in [-0.3, -0.25) is 9.59 Å². The summed E-state index contributed by atoms with van der Waals surface area (Å²) in [4.78, 5) is 32.8. The number of rotatable bonds is 6. The Balaban J connectivity index is 4.61. The summed E-state index contributed by atoms with van der Waals surface area (Å²) in [6.45, 7) is 3.15. The lowest BCUT2D eigenvalue weighted by Crippen LogP contribution is -2.40. The number of hydrogen-bond acceptors (Lipinski definition) is 4. The van der Waals surface area contributed by atoms with Crippen LogP contribution in [0.1, 0.15) is 26.7 Å². The molecule has 0 rings (SSSR count). The van der Waals surface area contributed by atoms with Crippen LogP contribution < -0.4 is 0 Å². The third-order valence-corrected chi connectivity index (χ3v) is 3.04. The van der Waals surface area contributed by atoms with Gasteiger partial charge in [-0.25, -0.2) is 0 Å². The fraction of sp³-hybridized carbons (Fsp3) is 0.667. The minimum absolute atomic E-state index is 0.130. The maximum atomic E-state index is 11.4. The van der Waals surface area contributed by atoms with Gasteiger partial charge in [0, 0.05) is 6.42 Å². The summed E-state index contributed by atoms with van der Waals surface area (Å²) in [7, 11) is 0.